The zero-order valence-electron chi connectivity index (χ0n) is 20.6. The number of fused-ring (bicyclic) bond motifs is 3. The first kappa shape index (κ1) is 24.7. The van der Waals surface area contributed by atoms with Gasteiger partial charge in [-0.3, -0.25) is 0 Å². The van der Waals surface area contributed by atoms with E-state index in [4.69, 9.17) is 10.3 Å². The fraction of sp³-hybridized carbons (Fsp3) is 0.296. The smallest absolute Gasteiger partial charge is 0.448 e. The van der Waals surface area contributed by atoms with Crippen LogP contribution in [0.2, 0.25) is 0 Å². The van der Waals surface area contributed by atoms with Crippen molar-refractivity contribution in [3.05, 3.63) is 93.4 Å². The Labute approximate surface area is 215 Å². The summed E-state index contributed by atoms with van der Waals surface area (Å²) in [6.45, 7) is 4.27. The van der Waals surface area contributed by atoms with Crippen LogP contribution in [0.5, 0.6) is 0 Å². The monoisotopic (exact) mass is 497 g/mol. The van der Waals surface area contributed by atoms with Crippen LogP contribution in [-0.2, 0) is 11.3 Å². The van der Waals surface area contributed by atoms with Crippen molar-refractivity contribution in [3.63, 3.8) is 0 Å². The van der Waals surface area contributed by atoms with E-state index in [9.17, 15) is 14.8 Å². The topological polar surface area (TPSA) is 122 Å². The normalized spacial score (nSPS) is 14.6. The zero-order valence-corrected chi connectivity index (χ0v) is 20.6. The first-order valence-corrected chi connectivity index (χ1v) is 12.3. The van der Waals surface area contributed by atoms with Crippen molar-refractivity contribution in [1.82, 2.24) is 4.90 Å². The number of azide groups is 1. The van der Waals surface area contributed by atoms with Gasteiger partial charge in [-0.05, 0) is 63.4 Å². The second-order valence-corrected chi connectivity index (χ2v) is 9.36. The molecular weight excluding hydrogens is 469 g/mol. The van der Waals surface area contributed by atoms with E-state index in [2.05, 4.69) is 39.2 Å². The van der Waals surface area contributed by atoms with E-state index < -0.39 is 7.12 Å². The largest absolute Gasteiger partial charge is 0.488 e. The summed E-state index contributed by atoms with van der Waals surface area (Å²) < 4.78 is 5.81. The predicted molar refractivity (Wildman–Crippen MR) is 143 cm³/mol. The predicted octanol–water partition coefficient (Wildman–Crippen LogP) is 3.56. The third-order valence-electron chi connectivity index (χ3n) is 7.36. The van der Waals surface area contributed by atoms with Crippen molar-refractivity contribution in [2.24, 2.45) is 5.11 Å². The summed E-state index contributed by atoms with van der Waals surface area (Å²) in [5.41, 5.74) is 16.0. The molecule has 37 heavy (non-hydrogen) atoms. The summed E-state index contributed by atoms with van der Waals surface area (Å²) in [7, 11) is -1.63. The molecular formula is C27H28BN5O4. The Kier molecular flexibility index (Phi) is 7.05. The van der Waals surface area contributed by atoms with Gasteiger partial charge in [0.15, 0.2) is 0 Å². The van der Waals surface area contributed by atoms with E-state index in [0.717, 1.165) is 11.3 Å². The number of hydrogen-bond donors (Lipinski definition) is 2. The van der Waals surface area contributed by atoms with Gasteiger partial charge >= 0.3 is 13.2 Å². The Morgan fingerprint density at radius 3 is 2.27 bits per heavy atom. The van der Waals surface area contributed by atoms with Crippen LogP contribution in [0.15, 0.2) is 65.8 Å². The van der Waals surface area contributed by atoms with E-state index in [1.807, 2.05) is 30.3 Å². The van der Waals surface area contributed by atoms with Crippen LogP contribution in [-0.4, -0.2) is 60.9 Å². The van der Waals surface area contributed by atoms with Gasteiger partial charge in [0.25, 0.3) is 0 Å². The average molecular weight is 497 g/mol. The highest BCUT2D eigenvalue weighted by Gasteiger charge is 2.30. The van der Waals surface area contributed by atoms with Crippen molar-refractivity contribution >= 4 is 24.4 Å². The minimum Gasteiger partial charge on any atom is -0.448 e. The summed E-state index contributed by atoms with van der Waals surface area (Å²) >= 11 is 0. The van der Waals surface area contributed by atoms with Crippen LogP contribution in [0.1, 0.15) is 28.2 Å². The highest BCUT2D eigenvalue weighted by Crippen LogP contribution is 2.44. The molecule has 1 amide bonds. The second-order valence-electron chi connectivity index (χ2n) is 9.36. The molecule has 3 aromatic rings. The molecule has 1 aliphatic heterocycles. The number of carbonyl (C=O) groups is 1. The van der Waals surface area contributed by atoms with Crippen molar-refractivity contribution in [2.45, 2.75) is 19.4 Å². The lowest BCUT2D eigenvalue weighted by molar-refractivity contribution is 0.0977. The summed E-state index contributed by atoms with van der Waals surface area (Å²) in [5.74, 6) is 0.0167. The van der Waals surface area contributed by atoms with Gasteiger partial charge in [-0.25, -0.2) is 4.79 Å². The highest BCUT2D eigenvalue weighted by atomic mass is 16.6. The van der Waals surface area contributed by atoms with Gasteiger partial charge in [0.1, 0.15) is 6.61 Å². The molecule has 0 atom stereocenters. The maximum absolute atomic E-state index is 13.0. The summed E-state index contributed by atoms with van der Waals surface area (Å²) in [4.78, 5) is 19.6. The number of amides is 1. The number of carbonyl (C=O) groups excluding carboxylic acids is 1. The van der Waals surface area contributed by atoms with Crippen LogP contribution >= 0.6 is 0 Å². The van der Waals surface area contributed by atoms with E-state index in [-0.39, 0.29) is 25.2 Å². The Morgan fingerprint density at radius 2 is 1.68 bits per heavy atom. The highest BCUT2D eigenvalue weighted by molar-refractivity contribution is 6.59. The summed E-state index contributed by atoms with van der Waals surface area (Å²) in [6, 6.07) is 20.2. The fourth-order valence-electron chi connectivity index (χ4n) is 5.34. The number of ether oxygens (including phenoxy) is 1. The Balaban J connectivity index is 1.24. The minimum absolute atomic E-state index is 0.0167. The molecule has 0 bridgehead atoms. The molecule has 188 valence electrons. The maximum atomic E-state index is 13.0. The number of anilines is 1. The molecule has 5 rings (SSSR count). The first-order chi connectivity index (χ1) is 18.0. The van der Waals surface area contributed by atoms with Crippen molar-refractivity contribution in [2.75, 3.05) is 37.7 Å². The van der Waals surface area contributed by atoms with E-state index in [0.29, 0.717) is 37.2 Å². The third-order valence-corrected chi connectivity index (χ3v) is 7.36. The molecule has 9 nitrogen and oxygen atoms in total. The number of hydrogen-bond acceptors (Lipinski definition) is 6. The van der Waals surface area contributed by atoms with Crippen LogP contribution in [0.4, 0.5) is 10.5 Å². The lowest BCUT2D eigenvalue weighted by Crippen LogP contribution is -2.49. The number of rotatable bonds is 6. The molecule has 1 aliphatic carbocycles. The molecule has 1 fully saturated rings. The summed E-state index contributed by atoms with van der Waals surface area (Å²) in [5, 5.41) is 23.3. The van der Waals surface area contributed by atoms with Gasteiger partial charge in [0.05, 0.1) is 6.54 Å². The quantitative estimate of drug-likeness (QED) is 0.234. The Hall–Kier alpha value is -3.98. The van der Waals surface area contributed by atoms with E-state index in [1.54, 1.807) is 17.9 Å². The standard InChI is InChI=1S/C27H28BN5O4/c1-18-19(16-30-31-29)14-20(15-26(18)28(35)36)32-10-12-33(13-11-32)27(34)37-17-25-23-8-4-2-6-21(23)22-7-3-5-9-24(22)25/h2-9,14-15,25,35-36H,10-13,16-17H2,1H3. The Morgan fingerprint density at radius 1 is 1.05 bits per heavy atom. The molecule has 0 aromatic heterocycles. The van der Waals surface area contributed by atoms with Gasteiger partial charge < -0.3 is 24.6 Å². The zero-order chi connectivity index (χ0) is 25.9. The average Bonchev–Trinajstić information content (AvgIpc) is 3.24. The SMILES string of the molecule is Cc1c(CN=[N+]=[N-])cc(N2CCN(C(=O)OCC3c4ccccc4-c4ccccc43)CC2)cc1B(O)O. The summed E-state index contributed by atoms with van der Waals surface area (Å²) in [6.07, 6.45) is -0.332. The van der Waals surface area contributed by atoms with Gasteiger partial charge in [-0.15, -0.1) is 0 Å². The minimum atomic E-state index is -1.63. The van der Waals surface area contributed by atoms with E-state index in [1.165, 1.54) is 22.3 Å². The van der Waals surface area contributed by atoms with Crippen LogP contribution < -0.4 is 10.4 Å². The molecule has 2 aliphatic rings. The molecule has 10 heteroatoms. The molecule has 0 unspecified atom stereocenters. The van der Waals surface area contributed by atoms with E-state index >= 15 is 0 Å². The Bertz CT molecular complexity index is 1320. The van der Waals surface area contributed by atoms with Gasteiger partial charge in [0.2, 0.25) is 0 Å². The molecule has 1 heterocycles. The maximum Gasteiger partial charge on any atom is 0.488 e. The molecule has 0 radical (unpaired) electrons. The first-order valence-electron chi connectivity index (χ1n) is 12.3. The van der Waals surface area contributed by atoms with Crippen molar-refractivity contribution in [1.29, 1.82) is 0 Å². The number of benzene rings is 3. The van der Waals surface area contributed by atoms with Crippen LogP contribution in [0, 0.1) is 6.92 Å². The molecule has 0 saturated carbocycles. The molecule has 0 spiro atoms. The van der Waals surface area contributed by atoms with Gasteiger partial charge in [-0.2, -0.15) is 0 Å². The van der Waals surface area contributed by atoms with Crippen LogP contribution in [0.25, 0.3) is 21.6 Å². The fourth-order valence-corrected chi connectivity index (χ4v) is 5.34. The molecule has 1 saturated heterocycles. The second kappa shape index (κ2) is 10.6. The lowest BCUT2D eigenvalue weighted by Gasteiger charge is -2.36. The molecule has 3 aromatic carbocycles. The van der Waals surface area contributed by atoms with Gasteiger partial charge in [-0.1, -0.05) is 53.6 Å². The van der Waals surface area contributed by atoms with Gasteiger partial charge in [0, 0.05) is 42.7 Å². The third kappa shape index (κ3) is 4.87. The van der Waals surface area contributed by atoms with Crippen molar-refractivity contribution in [3.8, 4) is 11.1 Å². The van der Waals surface area contributed by atoms with Crippen molar-refractivity contribution < 1.29 is 19.6 Å². The van der Waals surface area contributed by atoms with Crippen LogP contribution in [0.3, 0.4) is 0 Å². The number of nitrogens with zero attached hydrogens (tertiary/aromatic N) is 5. The lowest BCUT2D eigenvalue weighted by atomic mass is 9.75. The molecule has 2 N–H and O–H groups in total. The number of piperazine rings is 1.